The standard InChI is InChI=1S/C20H22ClN3O3/c1-14-3-8-18(15(2)11-14)24-19(25)12-23-27-13-20(26)22-10-9-16-4-6-17(21)7-5-16/h3-8,11-12H,9-10,13H2,1-2H3,(H,22,26)(H,24,25)/b23-12-. The second-order valence-electron chi connectivity index (χ2n) is 6.04. The number of carbonyl (C=O) groups excluding carboxylic acids is 2. The highest BCUT2D eigenvalue weighted by atomic mass is 35.5. The minimum Gasteiger partial charge on any atom is -0.386 e. The Hall–Kier alpha value is -2.86. The maximum absolute atomic E-state index is 11.8. The number of hydrogen-bond donors (Lipinski definition) is 2. The summed E-state index contributed by atoms with van der Waals surface area (Å²) in [6.45, 7) is 4.10. The third kappa shape index (κ3) is 7.50. The quantitative estimate of drug-likeness (QED) is 0.539. The van der Waals surface area contributed by atoms with Gasteiger partial charge in [-0.2, -0.15) is 0 Å². The number of rotatable bonds is 8. The molecule has 0 heterocycles. The SMILES string of the molecule is Cc1ccc(NC(=O)/C=N\OCC(=O)NCCc2ccc(Cl)cc2)c(C)c1. The first-order chi connectivity index (χ1) is 12.9. The van der Waals surface area contributed by atoms with Gasteiger partial charge in [0.2, 0.25) is 0 Å². The topological polar surface area (TPSA) is 79.8 Å². The number of anilines is 1. The molecule has 0 aliphatic heterocycles. The molecule has 0 spiro atoms. The summed E-state index contributed by atoms with van der Waals surface area (Å²) in [5, 5.41) is 9.61. The van der Waals surface area contributed by atoms with Crippen molar-refractivity contribution in [3.8, 4) is 0 Å². The first-order valence-corrected chi connectivity index (χ1v) is 8.86. The molecule has 2 aromatic carbocycles. The van der Waals surface area contributed by atoms with E-state index in [0.29, 0.717) is 23.7 Å². The first-order valence-electron chi connectivity index (χ1n) is 8.49. The highest BCUT2D eigenvalue weighted by molar-refractivity contribution is 6.31. The van der Waals surface area contributed by atoms with Gasteiger partial charge in [0.15, 0.2) is 6.61 Å². The molecule has 0 aliphatic rings. The molecular weight excluding hydrogens is 366 g/mol. The second-order valence-corrected chi connectivity index (χ2v) is 6.48. The molecule has 0 aliphatic carbocycles. The summed E-state index contributed by atoms with van der Waals surface area (Å²) >= 11 is 5.82. The van der Waals surface area contributed by atoms with E-state index in [-0.39, 0.29) is 12.5 Å². The summed E-state index contributed by atoms with van der Waals surface area (Å²) < 4.78 is 0. The fourth-order valence-corrected chi connectivity index (χ4v) is 2.47. The van der Waals surface area contributed by atoms with Crippen molar-refractivity contribution in [1.82, 2.24) is 5.32 Å². The van der Waals surface area contributed by atoms with Crippen molar-refractivity contribution in [2.75, 3.05) is 18.5 Å². The Kier molecular flexibility index (Phi) is 7.82. The van der Waals surface area contributed by atoms with E-state index in [0.717, 1.165) is 22.9 Å². The second kappa shape index (κ2) is 10.3. The lowest BCUT2D eigenvalue weighted by atomic mass is 10.1. The molecule has 0 radical (unpaired) electrons. The summed E-state index contributed by atoms with van der Waals surface area (Å²) in [7, 11) is 0. The van der Waals surface area contributed by atoms with Crippen LogP contribution in [0.25, 0.3) is 0 Å². The van der Waals surface area contributed by atoms with Crippen LogP contribution in [0.3, 0.4) is 0 Å². The van der Waals surface area contributed by atoms with Crippen molar-refractivity contribution in [1.29, 1.82) is 0 Å². The zero-order chi connectivity index (χ0) is 19.6. The minimum atomic E-state index is -0.426. The number of nitrogens with zero attached hydrogens (tertiary/aromatic N) is 1. The first kappa shape index (κ1) is 20.5. The molecule has 2 amide bonds. The maximum Gasteiger partial charge on any atom is 0.270 e. The van der Waals surface area contributed by atoms with E-state index < -0.39 is 5.91 Å². The summed E-state index contributed by atoms with van der Waals surface area (Å²) in [5.41, 5.74) is 3.85. The molecule has 2 aromatic rings. The molecule has 0 bridgehead atoms. The molecule has 7 heteroatoms. The minimum absolute atomic E-state index is 0.256. The van der Waals surface area contributed by atoms with Gasteiger partial charge in [-0.3, -0.25) is 9.59 Å². The normalized spacial score (nSPS) is 10.6. The van der Waals surface area contributed by atoms with Gasteiger partial charge in [0.25, 0.3) is 11.8 Å². The molecule has 0 saturated carbocycles. The average molecular weight is 388 g/mol. The third-order valence-corrected chi connectivity index (χ3v) is 3.98. The molecule has 0 atom stereocenters. The van der Waals surface area contributed by atoms with Gasteiger partial charge < -0.3 is 15.5 Å². The molecule has 2 rings (SSSR count). The van der Waals surface area contributed by atoms with E-state index in [1.807, 2.05) is 44.2 Å². The Balaban J connectivity index is 1.64. The maximum atomic E-state index is 11.8. The molecular formula is C20H22ClN3O3. The van der Waals surface area contributed by atoms with E-state index in [2.05, 4.69) is 15.8 Å². The molecule has 2 N–H and O–H groups in total. The monoisotopic (exact) mass is 387 g/mol. The number of halogens is 1. The van der Waals surface area contributed by atoms with Crippen molar-refractivity contribution in [3.63, 3.8) is 0 Å². The van der Waals surface area contributed by atoms with Crippen LogP contribution in [0.2, 0.25) is 5.02 Å². The fourth-order valence-electron chi connectivity index (χ4n) is 2.35. The number of amides is 2. The summed E-state index contributed by atoms with van der Waals surface area (Å²) in [6, 6.07) is 13.1. The highest BCUT2D eigenvalue weighted by Crippen LogP contribution is 2.15. The Bertz CT molecular complexity index is 820. The molecule has 27 heavy (non-hydrogen) atoms. The van der Waals surface area contributed by atoms with Gasteiger partial charge in [-0.05, 0) is 49.6 Å². The van der Waals surface area contributed by atoms with Crippen LogP contribution in [0, 0.1) is 13.8 Å². The number of carbonyl (C=O) groups is 2. The molecule has 142 valence electrons. The van der Waals surface area contributed by atoms with Gasteiger partial charge >= 0.3 is 0 Å². The summed E-state index contributed by atoms with van der Waals surface area (Å²) in [4.78, 5) is 28.3. The fraction of sp³-hybridized carbons (Fsp3) is 0.250. The van der Waals surface area contributed by atoms with Gasteiger partial charge in [0, 0.05) is 17.3 Å². The lowest BCUT2D eigenvalue weighted by Crippen LogP contribution is -2.29. The average Bonchev–Trinajstić information content (AvgIpc) is 2.63. The van der Waals surface area contributed by atoms with E-state index in [1.165, 1.54) is 0 Å². The van der Waals surface area contributed by atoms with Crippen LogP contribution in [-0.2, 0) is 20.8 Å². The zero-order valence-electron chi connectivity index (χ0n) is 15.3. The van der Waals surface area contributed by atoms with Gasteiger partial charge in [0.05, 0.1) is 0 Å². The predicted octanol–water partition coefficient (Wildman–Crippen LogP) is 3.26. The number of benzene rings is 2. The molecule has 0 saturated heterocycles. The van der Waals surface area contributed by atoms with E-state index in [1.54, 1.807) is 12.1 Å². The third-order valence-electron chi connectivity index (χ3n) is 3.73. The van der Waals surface area contributed by atoms with E-state index >= 15 is 0 Å². The van der Waals surface area contributed by atoms with Gasteiger partial charge in [-0.1, -0.05) is 46.6 Å². The van der Waals surface area contributed by atoms with Crippen molar-refractivity contribution >= 4 is 35.3 Å². The van der Waals surface area contributed by atoms with Crippen LogP contribution >= 0.6 is 11.6 Å². The van der Waals surface area contributed by atoms with Gasteiger partial charge in [-0.25, -0.2) is 0 Å². The zero-order valence-corrected chi connectivity index (χ0v) is 16.0. The lowest BCUT2D eigenvalue weighted by molar-refractivity contribution is -0.125. The van der Waals surface area contributed by atoms with Crippen molar-refractivity contribution in [2.24, 2.45) is 5.16 Å². The summed E-state index contributed by atoms with van der Waals surface area (Å²) in [6.07, 6.45) is 1.69. The van der Waals surface area contributed by atoms with E-state index in [4.69, 9.17) is 16.4 Å². The van der Waals surface area contributed by atoms with Crippen LogP contribution in [0.15, 0.2) is 47.6 Å². The Morgan fingerprint density at radius 2 is 1.89 bits per heavy atom. The molecule has 0 fully saturated rings. The number of aryl methyl sites for hydroxylation is 2. The van der Waals surface area contributed by atoms with Crippen LogP contribution in [0.4, 0.5) is 5.69 Å². The van der Waals surface area contributed by atoms with Crippen molar-refractivity contribution in [2.45, 2.75) is 20.3 Å². The Morgan fingerprint density at radius 3 is 2.59 bits per heavy atom. The van der Waals surface area contributed by atoms with E-state index in [9.17, 15) is 9.59 Å². The molecule has 6 nitrogen and oxygen atoms in total. The Morgan fingerprint density at radius 1 is 1.15 bits per heavy atom. The number of hydrogen-bond acceptors (Lipinski definition) is 4. The predicted molar refractivity (Wildman–Crippen MR) is 107 cm³/mol. The molecule has 0 aromatic heterocycles. The molecule has 0 unspecified atom stereocenters. The van der Waals surface area contributed by atoms with Crippen LogP contribution < -0.4 is 10.6 Å². The van der Waals surface area contributed by atoms with Gasteiger partial charge in [-0.15, -0.1) is 0 Å². The number of nitrogens with one attached hydrogen (secondary N) is 2. The van der Waals surface area contributed by atoms with Gasteiger partial charge in [0.1, 0.15) is 6.21 Å². The van der Waals surface area contributed by atoms with Crippen LogP contribution in [-0.4, -0.2) is 31.2 Å². The van der Waals surface area contributed by atoms with Crippen LogP contribution in [0.1, 0.15) is 16.7 Å². The lowest BCUT2D eigenvalue weighted by Gasteiger charge is -2.07. The van der Waals surface area contributed by atoms with Crippen molar-refractivity contribution in [3.05, 3.63) is 64.2 Å². The number of oxime groups is 1. The Labute approximate surface area is 163 Å². The summed E-state index contributed by atoms with van der Waals surface area (Å²) in [5.74, 6) is -0.735. The van der Waals surface area contributed by atoms with Crippen LogP contribution in [0.5, 0.6) is 0 Å². The van der Waals surface area contributed by atoms with Crippen molar-refractivity contribution < 1.29 is 14.4 Å². The smallest absolute Gasteiger partial charge is 0.270 e. The highest BCUT2D eigenvalue weighted by Gasteiger charge is 2.04. The largest absolute Gasteiger partial charge is 0.386 e.